The largest absolute Gasteiger partial charge is 1.00 e. The number of fused-ring (bicyclic) bond motifs is 5. The summed E-state index contributed by atoms with van der Waals surface area (Å²) in [6.07, 6.45) is 16.1. The molecule has 4 aliphatic carbocycles. The molecule has 242 valence electrons. The van der Waals surface area contributed by atoms with Crippen molar-refractivity contribution in [2.45, 2.75) is 110 Å². The van der Waals surface area contributed by atoms with Crippen molar-refractivity contribution in [3.05, 3.63) is 42.0 Å². The number of hydrogen-bond acceptors (Lipinski definition) is 2. The van der Waals surface area contributed by atoms with Crippen LogP contribution in [0.4, 0.5) is 0 Å². The van der Waals surface area contributed by atoms with Crippen LogP contribution in [0.2, 0.25) is 0 Å². The lowest BCUT2D eigenvalue weighted by Crippen LogP contribution is -3.00. The normalized spacial score (nSPS) is 36.0. The molecule has 4 saturated carbocycles. The molecule has 5 unspecified atom stereocenters. The van der Waals surface area contributed by atoms with Crippen LogP contribution >= 0.6 is 0 Å². The van der Waals surface area contributed by atoms with Crippen molar-refractivity contribution < 1.29 is 26.8 Å². The maximum atomic E-state index is 12.8. The van der Waals surface area contributed by atoms with Crippen LogP contribution in [0.15, 0.2) is 30.8 Å². The molecule has 0 aliphatic heterocycles. The van der Waals surface area contributed by atoms with Crippen molar-refractivity contribution in [1.29, 1.82) is 0 Å². The highest BCUT2D eigenvalue weighted by Crippen LogP contribution is 2.68. The number of nitrogens with zero attached hydrogens (tertiary/aromatic N) is 1. The van der Waals surface area contributed by atoms with Crippen molar-refractivity contribution >= 4 is 12.0 Å². The van der Waals surface area contributed by atoms with Crippen molar-refractivity contribution in [1.82, 2.24) is 5.32 Å². The van der Waals surface area contributed by atoms with E-state index in [2.05, 4.69) is 71.0 Å². The molecule has 0 spiro atoms. The molecule has 43 heavy (non-hydrogen) atoms. The maximum Gasteiger partial charge on any atom is 0.220 e. The monoisotopic (exact) mass is 612 g/mol. The molecule has 1 aromatic carbocycles. The Bertz CT molecular complexity index is 1090. The van der Waals surface area contributed by atoms with Gasteiger partial charge in [-0.05, 0) is 116 Å². The molecule has 4 fully saturated rings. The van der Waals surface area contributed by atoms with E-state index < -0.39 is 0 Å². The molecule has 2 N–H and O–H groups in total. The third-order valence-corrected chi connectivity index (χ3v) is 13.3. The van der Waals surface area contributed by atoms with Crippen LogP contribution in [-0.4, -0.2) is 48.8 Å². The summed E-state index contributed by atoms with van der Waals surface area (Å²) in [7, 11) is 4.55. The number of carbonyl (C=O) groups is 1. The van der Waals surface area contributed by atoms with E-state index in [1.807, 2.05) is 6.08 Å². The SMILES string of the molecule is C=Cc1ccc(C[N+](C)(C)CCCNC(=O)CCC(C)[C@H]2CCC3C4CCC5C[C@H](O)CC[C@]5(C)C4CC[C@@]32C)cc1.[Cl-]. The zero-order valence-electron chi connectivity index (χ0n) is 27.9. The Balaban J connectivity index is 0.00000423. The molecule has 0 heterocycles. The Hall–Kier alpha value is -1.36. The van der Waals surface area contributed by atoms with Gasteiger partial charge in [0.15, 0.2) is 0 Å². The smallest absolute Gasteiger partial charge is 0.220 e. The van der Waals surface area contributed by atoms with Gasteiger partial charge in [0.25, 0.3) is 0 Å². The van der Waals surface area contributed by atoms with Gasteiger partial charge in [-0.15, -0.1) is 0 Å². The average Bonchev–Trinajstić information content (AvgIpc) is 3.32. The van der Waals surface area contributed by atoms with Crippen molar-refractivity contribution in [3.8, 4) is 0 Å². The molecule has 0 bridgehead atoms. The van der Waals surface area contributed by atoms with E-state index in [0.717, 1.165) is 85.0 Å². The second-order valence-corrected chi connectivity index (χ2v) is 16.3. The van der Waals surface area contributed by atoms with Gasteiger partial charge in [-0.25, -0.2) is 0 Å². The lowest BCUT2D eigenvalue weighted by Gasteiger charge is -2.61. The van der Waals surface area contributed by atoms with E-state index in [-0.39, 0.29) is 24.4 Å². The van der Waals surface area contributed by atoms with Crippen LogP contribution in [0.25, 0.3) is 6.08 Å². The molecule has 0 saturated heterocycles. The minimum absolute atomic E-state index is 0. The Morgan fingerprint density at radius 2 is 1.74 bits per heavy atom. The molecule has 1 aromatic rings. The first-order chi connectivity index (χ1) is 19.9. The number of carbonyl (C=O) groups excluding carboxylic acids is 1. The van der Waals surface area contributed by atoms with E-state index >= 15 is 0 Å². The van der Waals surface area contributed by atoms with E-state index in [1.165, 1.54) is 50.5 Å². The van der Waals surface area contributed by atoms with Gasteiger partial charge in [-0.1, -0.05) is 57.7 Å². The Kier molecular flexibility index (Phi) is 11.2. The number of amides is 1. The van der Waals surface area contributed by atoms with Crippen molar-refractivity contribution in [2.24, 2.45) is 46.3 Å². The van der Waals surface area contributed by atoms with Crippen LogP contribution in [0, 0.1) is 46.3 Å². The first kappa shape index (κ1) is 34.5. The third kappa shape index (κ3) is 7.39. The molecule has 0 aromatic heterocycles. The van der Waals surface area contributed by atoms with Gasteiger partial charge in [-0.2, -0.15) is 0 Å². The van der Waals surface area contributed by atoms with Gasteiger partial charge in [0.2, 0.25) is 5.91 Å². The lowest BCUT2D eigenvalue weighted by atomic mass is 9.44. The predicted octanol–water partition coefficient (Wildman–Crippen LogP) is 4.85. The molecule has 9 atom stereocenters. The number of hydrogen-bond donors (Lipinski definition) is 2. The first-order valence-electron chi connectivity index (χ1n) is 17.4. The third-order valence-electron chi connectivity index (χ3n) is 13.3. The summed E-state index contributed by atoms with van der Waals surface area (Å²) in [6, 6.07) is 8.67. The highest BCUT2D eigenvalue weighted by molar-refractivity contribution is 5.75. The van der Waals surface area contributed by atoms with Gasteiger partial charge >= 0.3 is 0 Å². The predicted molar refractivity (Wildman–Crippen MR) is 174 cm³/mol. The summed E-state index contributed by atoms with van der Waals surface area (Å²) < 4.78 is 0.922. The number of aliphatic hydroxyl groups excluding tert-OH is 1. The van der Waals surface area contributed by atoms with Crippen LogP contribution in [0.3, 0.4) is 0 Å². The Labute approximate surface area is 269 Å². The van der Waals surface area contributed by atoms with E-state index in [4.69, 9.17) is 0 Å². The summed E-state index contributed by atoms with van der Waals surface area (Å²) in [5, 5.41) is 13.6. The van der Waals surface area contributed by atoms with Gasteiger partial charge in [0.1, 0.15) is 6.54 Å². The standard InChI is InChI=1S/C38H60N2O2.ClH/c1-7-28-10-12-29(13-11-28)26-40(5,6)24-8-23-39-36(42)18-9-27(2)33-16-17-34-32-15-14-30-25-31(41)19-21-37(30,3)35(32)20-22-38(33,34)4;/h7,10-13,27,30-35,41H,1,8-9,14-26H2,2-6H3;1H/t27?,30?,31-,32?,33-,34?,35?,37+,38-;/m1./s1. The van der Waals surface area contributed by atoms with Crippen molar-refractivity contribution in [2.75, 3.05) is 27.2 Å². The maximum absolute atomic E-state index is 12.8. The molecule has 4 nitrogen and oxygen atoms in total. The zero-order valence-corrected chi connectivity index (χ0v) is 28.7. The number of rotatable bonds is 11. The number of nitrogens with one attached hydrogen (secondary N) is 1. The van der Waals surface area contributed by atoms with Gasteiger partial charge in [-0.3, -0.25) is 4.79 Å². The molecular weight excluding hydrogens is 552 g/mol. The van der Waals surface area contributed by atoms with Crippen molar-refractivity contribution in [3.63, 3.8) is 0 Å². The first-order valence-corrected chi connectivity index (χ1v) is 17.4. The van der Waals surface area contributed by atoms with Crippen LogP contribution < -0.4 is 17.7 Å². The Morgan fingerprint density at radius 3 is 2.47 bits per heavy atom. The zero-order chi connectivity index (χ0) is 30.1. The summed E-state index contributed by atoms with van der Waals surface area (Å²) in [4.78, 5) is 12.8. The molecular formula is C38H61ClN2O2. The summed E-state index contributed by atoms with van der Waals surface area (Å²) in [5.41, 5.74) is 3.41. The number of aliphatic hydroxyl groups is 1. The minimum Gasteiger partial charge on any atom is -1.00 e. The van der Waals surface area contributed by atoms with Crippen LogP contribution in [-0.2, 0) is 11.3 Å². The topological polar surface area (TPSA) is 49.3 Å². The fourth-order valence-corrected chi connectivity index (χ4v) is 10.9. The number of quaternary nitrogens is 1. The summed E-state index contributed by atoms with van der Waals surface area (Å²) in [6.45, 7) is 14.3. The Morgan fingerprint density at radius 1 is 1.05 bits per heavy atom. The van der Waals surface area contributed by atoms with E-state index in [9.17, 15) is 9.90 Å². The number of benzene rings is 1. The molecule has 5 heteroatoms. The summed E-state index contributed by atoms with van der Waals surface area (Å²) >= 11 is 0. The van der Waals surface area contributed by atoms with E-state index in [0.29, 0.717) is 23.2 Å². The molecule has 4 aliphatic rings. The average molecular weight is 613 g/mol. The second-order valence-electron chi connectivity index (χ2n) is 16.3. The van der Waals surface area contributed by atoms with Gasteiger partial charge in [0.05, 0.1) is 26.7 Å². The molecule has 0 radical (unpaired) electrons. The van der Waals surface area contributed by atoms with E-state index in [1.54, 1.807) is 0 Å². The van der Waals surface area contributed by atoms with Crippen LogP contribution in [0.1, 0.15) is 109 Å². The highest BCUT2D eigenvalue weighted by atomic mass is 35.5. The lowest BCUT2D eigenvalue weighted by molar-refractivity contribution is -0.903. The van der Waals surface area contributed by atoms with Gasteiger partial charge < -0.3 is 27.3 Å². The fraction of sp³-hybridized carbons (Fsp3) is 0.763. The number of halogens is 1. The quantitative estimate of drug-likeness (QED) is 0.277. The second kappa shape index (κ2) is 14.0. The minimum atomic E-state index is -0.0559. The summed E-state index contributed by atoms with van der Waals surface area (Å²) in [5.74, 6) is 4.96. The molecule has 1 amide bonds. The molecule has 5 rings (SSSR count). The highest BCUT2D eigenvalue weighted by Gasteiger charge is 2.60. The van der Waals surface area contributed by atoms with Gasteiger partial charge in [0, 0.05) is 24.9 Å². The fourth-order valence-electron chi connectivity index (χ4n) is 10.9. The van der Waals surface area contributed by atoms with Crippen LogP contribution in [0.5, 0.6) is 0 Å².